The van der Waals surface area contributed by atoms with Gasteiger partial charge in [-0.15, -0.1) is 0 Å². The van der Waals surface area contributed by atoms with Crippen LogP contribution in [0.25, 0.3) is 0 Å². The maximum Gasteiger partial charge on any atom is 0.270 e. The number of halogens is 4. The van der Waals surface area contributed by atoms with Gasteiger partial charge in [-0.2, -0.15) is 0 Å². The van der Waals surface area contributed by atoms with Gasteiger partial charge < -0.3 is 20.7 Å². The van der Waals surface area contributed by atoms with E-state index in [1.54, 1.807) is 0 Å². The van der Waals surface area contributed by atoms with E-state index in [-0.39, 0.29) is 34.5 Å². The number of carbonyl (C=O) groups is 3. The molecule has 8 nitrogen and oxygen atoms in total. The predicted octanol–water partition coefficient (Wildman–Crippen LogP) is 3.00. The zero-order valence-corrected chi connectivity index (χ0v) is 19.6. The number of hydrogen-bond donors (Lipinski definition) is 3. The Hall–Kier alpha value is -3.34. The number of aromatic nitrogens is 1. The number of nitrogens with zero attached hydrogens (tertiary/aromatic N) is 1. The fraction of sp³-hybridized carbons (Fsp3) is 0.417. The molecule has 0 unspecified atom stereocenters. The summed E-state index contributed by atoms with van der Waals surface area (Å²) in [6.07, 6.45) is 2.11. The molecule has 0 radical (unpaired) electrons. The fourth-order valence-electron chi connectivity index (χ4n) is 5.13. The van der Waals surface area contributed by atoms with Gasteiger partial charge in [0, 0.05) is 47.8 Å². The van der Waals surface area contributed by atoms with Crippen molar-refractivity contribution in [3.8, 4) is 5.75 Å². The van der Waals surface area contributed by atoms with Gasteiger partial charge in [-0.25, -0.2) is 13.2 Å². The quantitative estimate of drug-likeness (QED) is 0.494. The Kier molecular flexibility index (Phi) is 5.85. The van der Waals surface area contributed by atoms with E-state index in [1.807, 2.05) is 0 Å². The van der Waals surface area contributed by atoms with Crippen molar-refractivity contribution < 1.29 is 32.3 Å². The summed E-state index contributed by atoms with van der Waals surface area (Å²) in [6.45, 7) is -0.292. The number of benzene rings is 1. The molecule has 4 fully saturated rings. The molecule has 3 amide bonds. The first-order chi connectivity index (χ1) is 17.0. The first kappa shape index (κ1) is 24.4. The number of alkyl halides is 2. The van der Waals surface area contributed by atoms with Crippen molar-refractivity contribution in [1.82, 2.24) is 20.9 Å². The monoisotopic (exact) mass is 522 g/mol. The summed E-state index contributed by atoms with van der Waals surface area (Å²) in [5.41, 5.74) is -0.707. The van der Waals surface area contributed by atoms with Gasteiger partial charge in [-0.05, 0) is 43.5 Å². The van der Waals surface area contributed by atoms with Crippen molar-refractivity contribution in [2.24, 2.45) is 0 Å². The summed E-state index contributed by atoms with van der Waals surface area (Å²) in [7, 11) is 0. The molecule has 2 aromatic rings. The molecule has 0 spiro atoms. The molecule has 1 heterocycles. The average molecular weight is 523 g/mol. The molecule has 1 aromatic heterocycles. The van der Waals surface area contributed by atoms with Gasteiger partial charge in [0.05, 0.1) is 5.02 Å². The minimum Gasteiger partial charge on any atom is -0.484 e. The number of amides is 3. The Bertz CT molecular complexity index is 1230. The third kappa shape index (κ3) is 4.84. The van der Waals surface area contributed by atoms with Crippen molar-refractivity contribution >= 4 is 29.3 Å². The lowest BCUT2D eigenvalue weighted by molar-refractivity contribution is -0.141. The standard InChI is InChI=1S/C24H22ClF3N4O4/c25-16-2-1-15(6-17(16)26)36-9-19(33)31-22-10-23(11-22,12-22)32-21(35)18-5-13(3-4-29-18)20(34)30-14-7-24(27,28)8-14/h1-6,14H,7-12H2,(H,30,34)(H,31,33)(H,32,35). The van der Waals surface area contributed by atoms with Gasteiger partial charge in [0.15, 0.2) is 6.61 Å². The highest BCUT2D eigenvalue weighted by Crippen LogP contribution is 2.60. The van der Waals surface area contributed by atoms with E-state index in [2.05, 4.69) is 20.9 Å². The Morgan fingerprint density at radius 1 is 1.03 bits per heavy atom. The summed E-state index contributed by atoms with van der Waals surface area (Å²) in [6, 6.07) is 6.03. The third-order valence-electron chi connectivity index (χ3n) is 6.75. The van der Waals surface area contributed by atoms with E-state index in [9.17, 15) is 27.6 Å². The minimum absolute atomic E-state index is 0.0352. The van der Waals surface area contributed by atoms with Crippen LogP contribution < -0.4 is 20.7 Å². The van der Waals surface area contributed by atoms with Gasteiger partial charge in [-0.1, -0.05) is 11.6 Å². The van der Waals surface area contributed by atoms with Crippen LogP contribution in [0.1, 0.15) is 53.0 Å². The average Bonchev–Trinajstić information content (AvgIpc) is 2.76. The molecule has 36 heavy (non-hydrogen) atoms. The van der Waals surface area contributed by atoms with Crippen molar-refractivity contribution in [2.75, 3.05) is 6.61 Å². The van der Waals surface area contributed by atoms with Crippen LogP contribution in [0.3, 0.4) is 0 Å². The van der Waals surface area contributed by atoms with E-state index in [0.717, 1.165) is 6.07 Å². The molecule has 0 atom stereocenters. The number of ether oxygens (including phenoxy) is 1. The van der Waals surface area contributed by atoms with Crippen molar-refractivity contribution in [1.29, 1.82) is 0 Å². The lowest BCUT2D eigenvalue weighted by atomic mass is 9.44. The second-order valence-electron chi connectivity index (χ2n) is 9.82. The van der Waals surface area contributed by atoms with Gasteiger partial charge >= 0.3 is 0 Å². The summed E-state index contributed by atoms with van der Waals surface area (Å²) in [5, 5.41) is 8.29. The molecule has 190 valence electrons. The van der Waals surface area contributed by atoms with E-state index >= 15 is 0 Å². The first-order valence-corrected chi connectivity index (χ1v) is 11.7. The van der Waals surface area contributed by atoms with Crippen LogP contribution in [0.2, 0.25) is 5.02 Å². The summed E-state index contributed by atoms with van der Waals surface area (Å²) in [5.74, 6) is -4.58. The van der Waals surface area contributed by atoms with Crippen LogP contribution in [0.5, 0.6) is 5.75 Å². The molecule has 2 bridgehead atoms. The molecule has 3 N–H and O–H groups in total. The molecule has 12 heteroatoms. The zero-order valence-electron chi connectivity index (χ0n) is 18.9. The Balaban J connectivity index is 1.08. The molecule has 0 saturated heterocycles. The Morgan fingerprint density at radius 3 is 2.39 bits per heavy atom. The molecule has 4 aliphatic carbocycles. The lowest BCUT2D eigenvalue weighted by Crippen LogP contribution is -2.84. The second-order valence-corrected chi connectivity index (χ2v) is 10.2. The number of pyridine rings is 1. The highest BCUT2D eigenvalue weighted by molar-refractivity contribution is 6.30. The van der Waals surface area contributed by atoms with Crippen LogP contribution in [-0.2, 0) is 4.79 Å². The van der Waals surface area contributed by atoms with Crippen molar-refractivity contribution in [3.63, 3.8) is 0 Å². The van der Waals surface area contributed by atoms with E-state index < -0.39 is 53.5 Å². The van der Waals surface area contributed by atoms with E-state index in [1.165, 1.54) is 30.5 Å². The SMILES string of the molecule is O=C(COc1ccc(Cl)c(F)c1)NC12CC(NC(=O)c3cc(C(=O)NC4CC(F)(F)C4)ccn3)(C1)C2. The number of carbonyl (C=O) groups excluding carboxylic acids is 3. The highest BCUT2D eigenvalue weighted by atomic mass is 35.5. The van der Waals surface area contributed by atoms with E-state index in [0.29, 0.717) is 19.3 Å². The van der Waals surface area contributed by atoms with Gasteiger partial charge in [0.1, 0.15) is 17.3 Å². The maximum absolute atomic E-state index is 13.5. The zero-order chi connectivity index (χ0) is 25.7. The molecule has 1 aromatic carbocycles. The Labute approximate surface area is 208 Å². The van der Waals surface area contributed by atoms with Gasteiger partial charge in [0.25, 0.3) is 23.6 Å². The maximum atomic E-state index is 13.5. The summed E-state index contributed by atoms with van der Waals surface area (Å²) >= 11 is 5.62. The Morgan fingerprint density at radius 2 is 1.72 bits per heavy atom. The first-order valence-electron chi connectivity index (χ1n) is 11.3. The minimum atomic E-state index is -2.75. The molecular formula is C24H22ClF3N4O4. The summed E-state index contributed by atoms with van der Waals surface area (Å²) in [4.78, 5) is 41.3. The predicted molar refractivity (Wildman–Crippen MR) is 121 cm³/mol. The number of rotatable bonds is 8. The lowest BCUT2D eigenvalue weighted by Gasteiger charge is -2.70. The summed E-state index contributed by atoms with van der Waals surface area (Å²) < 4.78 is 44.7. The second kappa shape index (κ2) is 8.65. The largest absolute Gasteiger partial charge is 0.484 e. The highest BCUT2D eigenvalue weighted by Gasteiger charge is 2.69. The van der Waals surface area contributed by atoms with Crippen LogP contribution in [-0.4, -0.2) is 52.4 Å². The molecule has 4 aliphatic rings. The van der Waals surface area contributed by atoms with Crippen LogP contribution >= 0.6 is 11.6 Å². The topological polar surface area (TPSA) is 109 Å². The van der Waals surface area contributed by atoms with Crippen molar-refractivity contribution in [3.05, 3.63) is 58.6 Å². The molecule has 6 rings (SSSR count). The molecular weight excluding hydrogens is 501 g/mol. The number of nitrogens with one attached hydrogen (secondary N) is 3. The third-order valence-corrected chi connectivity index (χ3v) is 7.06. The number of hydrogen-bond acceptors (Lipinski definition) is 5. The fourth-order valence-corrected chi connectivity index (χ4v) is 5.25. The van der Waals surface area contributed by atoms with Crippen LogP contribution in [0, 0.1) is 5.82 Å². The smallest absolute Gasteiger partial charge is 0.270 e. The molecule has 4 saturated carbocycles. The molecule has 0 aliphatic heterocycles. The van der Waals surface area contributed by atoms with Gasteiger partial charge in [-0.3, -0.25) is 19.4 Å². The van der Waals surface area contributed by atoms with E-state index in [4.69, 9.17) is 16.3 Å². The van der Waals surface area contributed by atoms with Crippen molar-refractivity contribution in [2.45, 2.75) is 55.1 Å². The van der Waals surface area contributed by atoms with Crippen LogP contribution in [0.4, 0.5) is 13.2 Å². The normalized spacial score (nSPS) is 25.4. The van der Waals surface area contributed by atoms with Gasteiger partial charge in [0.2, 0.25) is 0 Å². The van der Waals surface area contributed by atoms with Crippen LogP contribution in [0.15, 0.2) is 36.5 Å².